The number of nitrogens with zero attached hydrogens (tertiary/aromatic N) is 1. The maximum atomic E-state index is 12.5. The number of nitrogens with one attached hydrogen (secondary N) is 1. The molecule has 1 amide bonds. The molecule has 6 nitrogen and oxygen atoms in total. The lowest BCUT2D eigenvalue weighted by Gasteiger charge is -2.31. The molecule has 0 aliphatic carbocycles. The Labute approximate surface area is 144 Å². The Bertz CT molecular complexity index is 658. The van der Waals surface area contributed by atoms with E-state index in [9.17, 15) is 13.2 Å². The second-order valence-electron chi connectivity index (χ2n) is 6.10. The molecular weight excluding hydrogens is 328 g/mol. The van der Waals surface area contributed by atoms with Gasteiger partial charge in [-0.25, -0.2) is 12.7 Å². The third kappa shape index (κ3) is 4.48. The van der Waals surface area contributed by atoms with Gasteiger partial charge in [0.2, 0.25) is 15.9 Å². The summed E-state index contributed by atoms with van der Waals surface area (Å²) in [5, 5.41) is 2.99. The first-order chi connectivity index (χ1) is 11.4. The summed E-state index contributed by atoms with van der Waals surface area (Å²) in [4.78, 5) is 12.5. The number of benzene rings is 1. The van der Waals surface area contributed by atoms with Crippen LogP contribution in [-0.2, 0) is 14.8 Å². The van der Waals surface area contributed by atoms with E-state index in [4.69, 9.17) is 4.74 Å². The van der Waals surface area contributed by atoms with E-state index >= 15 is 0 Å². The van der Waals surface area contributed by atoms with Crippen molar-refractivity contribution in [3.8, 4) is 5.75 Å². The van der Waals surface area contributed by atoms with Gasteiger partial charge in [-0.3, -0.25) is 4.79 Å². The Hall–Kier alpha value is -1.60. The van der Waals surface area contributed by atoms with Crippen molar-refractivity contribution in [2.24, 2.45) is 5.92 Å². The SMILES string of the molecule is CCS(=O)(=O)N1CCCC(C(=O)NC(C)c2ccc(OC)cc2)C1. The fourth-order valence-corrected chi connectivity index (χ4v) is 4.08. The molecule has 1 fully saturated rings. The number of ether oxygens (including phenoxy) is 1. The molecule has 0 spiro atoms. The highest BCUT2D eigenvalue weighted by molar-refractivity contribution is 7.89. The van der Waals surface area contributed by atoms with E-state index in [0.29, 0.717) is 13.0 Å². The van der Waals surface area contributed by atoms with E-state index in [-0.39, 0.29) is 30.2 Å². The first kappa shape index (κ1) is 18.7. The van der Waals surface area contributed by atoms with Gasteiger partial charge in [0.05, 0.1) is 24.8 Å². The van der Waals surface area contributed by atoms with E-state index < -0.39 is 10.0 Å². The predicted molar refractivity (Wildman–Crippen MR) is 93.3 cm³/mol. The molecule has 0 saturated carbocycles. The van der Waals surface area contributed by atoms with Crippen molar-refractivity contribution in [1.82, 2.24) is 9.62 Å². The van der Waals surface area contributed by atoms with Crippen LogP contribution in [-0.4, -0.2) is 44.6 Å². The van der Waals surface area contributed by atoms with E-state index in [2.05, 4.69) is 5.32 Å². The number of rotatable bonds is 6. The van der Waals surface area contributed by atoms with E-state index in [1.165, 1.54) is 4.31 Å². The van der Waals surface area contributed by atoms with Crippen molar-refractivity contribution >= 4 is 15.9 Å². The lowest BCUT2D eigenvalue weighted by atomic mass is 9.98. The van der Waals surface area contributed by atoms with Crippen LogP contribution in [0.2, 0.25) is 0 Å². The smallest absolute Gasteiger partial charge is 0.224 e. The molecule has 1 aliphatic rings. The van der Waals surface area contributed by atoms with E-state index in [1.807, 2.05) is 31.2 Å². The van der Waals surface area contributed by atoms with Crippen LogP contribution in [0.1, 0.15) is 38.3 Å². The zero-order valence-corrected chi connectivity index (χ0v) is 15.3. The van der Waals surface area contributed by atoms with Gasteiger partial charge in [0, 0.05) is 13.1 Å². The van der Waals surface area contributed by atoms with E-state index in [0.717, 1.165) is 17.7 Å². The minimum Gasteiger partial charge on any atom is -0.497 e. The summed E-state index contributed by atoms with van der Waals surface area (Å²) in [6.45, 7) is 4.33. The molecule has 1 heterocycles. The van der Waals surface area contributed by atoms with Crippen molar-refractivity contribution < 1.29 is 17.9 Å². The van der Waals surface area contributed by atoms with Gasteiger partial charge in [-0.1, -0.05) is 12.1 Å². The molecule has 1 aromatic carbocycles. The summed E-state index contributed by atoms with van der Waals surface area (Å²) >= 11 is 0. The van der Waals surface area contributed by atoms with Gasteiger partial charge in [0.1, 0.15) is 5.75 Å². The summed E-state index contributed by atoms with van der Waals surface area (Å²) < 4.78 is 30.6. The van der Waals surface area contributed by atoms with Crippen LogP contribution < -0.4 is 10.1 Å². The van der Waals surface area contributed by atoms with Crippen molar-refractivity contribution in [1.29, 1.82) is 0 Å². The maximum absolute atomic E-state index is 12.5. The van der Waals surface area contributed by atoms with Crippen molar-refractivity contribution in [2.45, 2.75) is 32.7 Å². The van der Waals surface area contributed by atoms with E-state index in [1.54, 1.807) is 14.0 Å². The molecule has 2 unspecified atom stereocenters. The van der Waals surface area contributed by atoms with Gasteiger partial charge >= 0.3 is 0 Å². The number of hydrogen-bond donors (Lipinski definition) is 1. The molecule has 1 N–H and O–H groups in total. The average Bonchev–Trinajstić information content (AvgIpc) is 2.61. The lowest BCUT2D eigenvalue weighted by Crippen LogP contribution is -2.46. The number of carbonyl (C=O) groups excluding carboxylic acids is 1. The fraction of sp³-hybridized carbons (Fsp3) is 0.588. The third-order valence-electron chi connectivity index (χ3n) is 4.49. The minimum atomic E-state index is -3.24. The molecule has 0 bridgehead atoms. The van der Waals surface area contributed by atoms with Gasteiger partial charge < -0.3 is 10.1 Å². The highest BCUT2D eigenvalue weighted by Crippen LogP contribution is 2.22. The first-order valence-electron chi connectivity index (χ1n) is 8.29. The molecule has 2 rings (SSSR count). The van der Waals surface area contributed by atoms with Gasteiger partial charge in [0.25, 0.3) is 0 Å². The zero-order chi connectivity index (χ0) is 17.7. The van der Waals surface area contributed by atoms with Crippen LogP contribution in [0.5, 0.6) is 5.75 Å². The number of sulfonamides is 1. The van der Waals surface area contributed by atoms with Crippen molar-refractivity contribution in [2.75, 3.05) is 26.0 Å². The third-order valence-corrected chi connectivity index (χ3v) is 6.34. The summed E-state index contributed by atoms with van der Waals surface area (Å²) in [6.07, 6.45) is 1.44. The predicted octanol–water partition coefficient (Wildman–Crippen LogP) is 1.93. The van der Waals surface area contributed by atoms with Crippen LogP contribution >= 0.6 is 0 Å². The Morgan fingerprint density at radius 2 is 2.04 bits per heavy atom. The first-order valence-corrected chi connectivity index (χ1v) is 9.90. The molecular formula is C17H26N2O4S. The lowest BCUT2D eigenvalue weighted by molar-refractivity contribution is -0.126. The Morgan fingerprint density at radius 3 is 2.62 bits per heavy atom. The molecule has 24 heavy (non-hydrogen) atoms. The molecule has 134 valence electrons. The number of carbonyl (C=O) groups is 1. The van der Waals surface area contributed by atoms with Crippen LogP contribution in [0.3, 0.4) is 0 Å². The highest BCUT2D eigenvalue weighted by atomic mass is 32.2. The Morgan fingerprint density at radius 1 is 1.38 bits per heavy atom. The van der Waals surface area contributed by atoms with Crippen LogP contribution in [0, 0.1) is 5.92 Å². The van der Waals surface area contributed by atoms with Crippen LogP contribution in [0.15, 0.2) is 24.3 Å². The molecule has 0 aromatic heterocycles. The normalized spacial score (nSPS) is 20.4. The summed E-state index contributed by atoms with van der Waals surface area (Å²) in [5.74, 6) is 0.462. The van der Waals surface area contributed by atoms with Crippen LogP contribution in [0.25, 0.3) is 0 Å². The Balaban J connectivity index is 1.98. The molecule has 0 radical (unpaired) electrons. The molecule has 7 heteroatoms. The summed E-state index contributed by atoms with van der Waals surface area (Å²) in [5.41, 5.74) is 0.984. The molecule has 1 aliphatic heterocycles. The summed E-state index contributed by atoms with van der Waals surface area (Å²) in [7, 11) is -1.63. The van der Waals surface area contributed by atoms with Crippen molar-refractivity contribution in [3.05, 3.63) is 29.8 Å². The average molecular weight is 354 g/mol. The largest absolute Gasteiger partial charge is 0.497 e. The Kier molecular flexibility index (Phi) is 6.23. The van der Waals surface area contributed by atoms with Gasteiger partial charge in [-0.2, -0.15) is 0 Å². The zero-order valence-electron chi connectivity index (χ0n) is 14.5. The molecule has 1 aromatic rings. The minimum absolute atomic E-state index is 0.0730. The molecule has 2 atom stereocenters. The number of methoxy groups -OCH3 is 1. The van der Waals surface area contributed by atoms with Gasteiger partial charge in [-0.15, -0.1) is 0 Å². The van der Waals surface area contributed by atoms with Gasteiger partial charge in [-0.05, 0) is 44.4 Å². The quantitative estimate of drug-likeness (QED) is 0.847. The summed E-state index contributed by atoms with van der Waals surface area (Å²) in [6, 6.07) is 7.40. The number of hydrogen-bond acceptors (Lipinski definition) is 4. The van der Waals surface area contributed by atoms with Gasteiger partial charge in [0.15, 0.2) is 0 Å². The van der Waals surface area contributed by atoms with Crippen molar-refractivity contribution in [3.63, 3.8) is 0 Å². The second kappa shape index (κ2) is 7.98. The standard InChI is InChI=1S/C17H26N2O4S/c1-4-24(21,22)19-11-5-6-15(12-19)17(20)18-13(2)14-7-9-16(23-3)10-8-14/h7-10,13,15H,4-6,11-12H2,1-3H3,(H,18,20). The fourth-order valence-electron chi connectivity index (χ4n) is 2.90. The second-order valence-corrected chi connectivity index (χ2v) is 8.36. The number of piperidine rings is 1. The number of amides is 1. The molecule has 1 saturated heterocycles. The van der Waals surface area contributed by atoms with Crippen LogP contribution in [0.4, 0.5) is 0 Å². The monoisotopic (exact) mass is 354 g/mol. The maximum Gasteiger partial charge on any atom is 0.224 e. The highest BCUT2D eigenvalue weighted by Gasteiger charge is 2.31. The topological polar surface area (TPSA) is 75.7 Å².